The molecule has 0 N–H and O–H groups in total. The first-order chi connectivity index (χ1) is 4.74. The number of hydrogen-bond donors (Lipinski definition) is 0. The second-order valence-corrected chi connectivity index (χ2v) is 2.27. The van der Waals surface area contributed by atoms with Gasteiger partial charge >= 0.3 is 0 Å². The molecule has 0 aliphatic carbocycles. The van der Waals surface area contributed by atoms with Crippen LogP contribution in [0.25, 0.3) is 0 Å². The van der Waals surface area contributed by atoms with Gasteiger partial charge in [0.15, 0.2) is 6.29 Å². The lowest BCUT2D eigenvalue weighted by Gasteiger charge is -2.21. The number of ether oxygens (including phenoxy) is 2. The third kappa shape index (κ3) is 1.36. The molecule has 1 heterocycles. The summed E-state index contributed by atoms with van der Waals surface area (Å²) in [5.41, 5.74) is 1.04. The smallest absolute Gasteiger partial charge is 0.256 e. The lowest BCUT2D eigenvalue weighted by Crippen LogP contribution is -2.24. The van der Waals surface area contributed by atoms with Crippen LogP contribution in [-0.2, 0) is 14.3 Å². The van der Waals surface area contributed by atoms with E-state index in [1.54, 1.807) is 0 Å². The Hall–Kier alpha value is -0.830. The van der Waals surface area contributed by atoms with Gasteiger partial charge in [-0.1, -0.05) is 0 Å². The molecule has 0 bridgehead atoms. The summed E-state index contributed by atoms with van der Waals surface area (Å²) in [6.45, 7) is 4.24. The van der Waals surface area contributed by atoms with Gasteiger partial charge in [-0.3, -0.25) is 4.79 Å². The van der Waals surface area contributed by atoms with Crippen LogP contribution in [0.2, 0.25) is 0 Å². The first-order valence-corrected chi connectivity index (χ1v) is 3.14. The lowest BCUT2D eigenvalue weighted by molar-refractivity contribution is -0.151. The highest BCUT2D eigenvalue weighted by molar-refractivity contribution is 5.54. The van der Waals surface area contributed by atoms with Crippen molar-refractivity contribution in [2.75, 3.05) is 6.61 Å². The van der Waals surface area contributed by atoms with Crippen LogP contribution in [0.3, 0.4) is 0 Å². The van der Waals surface area contributed by atoms with E-state index in [1.807, 2.05) is 13.8 Å². The molecule has 3 nitrogen and oxygen atoms in total. The number of rotatable bonds is 1. The van der Waals surface area contributed by atoms with Crippen LogP contribution in [0.4, 0.5) is 0 Å². The highest BCUT2D eigenvalue weighted by Gasteiger charge is 2.15. The molecule has 0 aromatic carbocycles. The Labute approximate surface area is 59.6 Å². The monoisotopic (exact) mass is 142 g/mol. The summed E-state index contributed by atoms with van der Waals surface area (Å²) in [5, 5.41) is 0. The predicted octanol–water partition coefficient (Wildman–Crippen LogP) is 0.852. The van der Waals surface area contributed by atoms with E-state index in [4.69, 9.17) is 9.47 Å². The van der Waals surface area contributed by atoms with Gasteiger partial charge in [0.2, 0.25) is 0 Å². The van der Waals surface area contributed by atoms with Gasteiger partial charge in [0.1, 0.15) is 0 Å². The summed E-state index contributed by atoms with van der Waals surface area (Å²) in [5.74, 6) is 0.795. The van der Waals surface area contributed by atoms with Gasteiger partial charge in [-0.2, -0.15) is 0 Å². The number of aldehydes is 1. The minimum Gasteiger partial charge on any atom is -0.462 e. The van der Waals surface area contributed by atoms with E-state index < -0.39 is 6.29 Å². The Morgan fingerprint density at radius 1 is 1.60 bits per heavy atom. The Morgan fingerprint density at radius 2 is 2.30 bits per heavy atom. The standard InChI is InChI=1S/C7H10O3/c1-5-4-9-7(3-8)10-6(5)2/h3,7H,4H2,1-2H3. The van der Waals surface area contributed by atoms with Crippen LogP contribution >= 0.6 is 0 Å². The molecular weight excluding hydrogens is 132 g/mol. The van der Waals surface area contributed by atoms with Crippen molar-refractivity contribution in [2.45, 2.75) is 20.1 Å². The van der Waals surface area contributed by atoms with E-state index in [1.165, 1.54) is 0 Å². The number of carbonyl (C=O) groups excluding carboxylic acids is 1. The molecule has 1 aliphatic heterocycles. The maximum atomic E-state index is 10.1. The largest absolute Gasteiger partial charge is 0.462 e. The van der Waals surface area contributed by atoms with Crippen molar-refractivity contribution in [3.05, 3.63) is 11.3 Å². The van der Waals surface area contributed by atoms with E-state index in [0.717, 1.165) is 11.3 Å². The molecule has 1 aliphatic rings. The van der Waals surface area contributed by atoms with Gasteiger partial charge in [-0.25, -0.2) is 0 Å². The molecular formula is C7H10O3. The second-order valence-electron chi connectivity index (χ2n) is 2.27. The molecule has 0 aromatic heterocycles. The van der Waals surface area contributed by atoms with Crippen molar-refractivity contribution in [2.24, 2.45) is 0 Å². The topological polar surface area (TPSA) is 35.5 Å². The van der Waals surface area contributed by atoms with Crippen LogP contribution in [0.1, 0.15) is 13.8 Å². The molecule has 0 radical (unpaired) electrons. The fourth-order valence-corrected chi connectivity index (χ4v) is 0.685. The number of hydrogen-bond acceptors (Lipinski definition) is 3. The minimum atomic E-state index is -0.691. The van der Waals surface area contributed by atoms with Crippen LogP contribution in [0.15, 0.2) is 11.3 Å². The quantitative estimate of drug-likeness (QED) is 0.509. The third-order valence-electron chi connectivity index (χ3n) is 1.47. The van der Waals surface area contributed by atoms with Gasteiger partial charge in [0, 0.05) is 0 Å². The predicted molar refractivity (Wildman–Crippen MR) is 35.3 cm³/mol. The van der Waals surface area contributed by atoms with Gasteiger partial charge in [0.25, 0.3) is 6.29 Å². The molecule has 56 valence electrons. The Morgan fingerprint density at radius 3 is 2.80 bits per heavy atom. The second kappa shape index (κ2) is 2.84. The van der Waals surface area contributed by atoms with Crippen molar-refractivity contribution < 1.29 is 14.3 Å². The van der Waals surface area contributed by atoms with Crippen molar-refractivity contribution in [3.63, 3.8) is 0 Å². The molecule has 1 atom stereocenters. The highest BCUT2D eigenvalue weighted by atomic mass is 16.7. The molecule has 0 fully saturated rings. The SMILES string of the molecule is CC1=C(C)OC(C=O)OC1. The zero-order valence-corrected chi connectivity index (χ0v) is 6.09. The molecule has 0 amide bonds. The van der Waals surface area contributed by atoms with E-state index in [-0.39, 0.29) is 0 Å². The first kappa shape index (κ1) is 7.28. The lowest BCUT2D eigenvalue weighted by atomic mass is 10.3. The van der Waals surface area contributed by atoms with Crippen LogP contribution in [0, 0.1) is 0 Å². The van der Waals surface area contributed by atoms with E-state index in [2.05, 4.69) is 0 Å². The molecule has 1 unspecified atom stereocenters. The summed E-state index contributed by atoms with van der Waals surface area (Å²) >= 11 is 0. The van der Waals surface area contributed by atoms with E-state index in [9.17, 15) is 4.79 Å². The average molecular weight is 142 g/mol. The van der Waals surface area contributed by atoms with Gasteiger partial charge in [0.05, 0.1) is 12.4 Å². The van der Waals surface area contributed by atoms with E-state index >= 15 is 0 Å². The fourth-order valence-electron chi connectivity index (χ4n) is 0.685. The molecule has 0 saturated carbocycles. The zero-order chi connectivity index (χ0) is 7.56. The Kier molecular flexibility index (Phi) is 2.06. The van der Waals surface area contributed by atoms with Crippen molar-refractivity contribution in [1.82, 2.24) is 0 Å². The zero-order valence-electron chi connectivity index (χ0n) is 6.09. The third-order valence-corrected chi connectivity index (χ3v) is 1.47. The van der Waals surface area contributed by atoms with Crippen LogP contribution < -0.4 is 0 Å². The first-order valence-electron chi connectivity index (χ1n) is 3.14. The Bertz CT molecular complexity index is 172. The fraction of sp³-hybridized carbons (Fsp3) is 0.571. The summed E-state index contributed by atoms with van der Waals surface area (Å²) < 4.78 is 10.00. The normalized spacial score (nSPS) is 26.0. The van der Waals surface area contributed by atoms with Crippen molar-refractivity contribution >= 4 is 6.29 Å². The summed E-state index contributed by atoms with van der Waals surface area (Å²) in [4.78, 5) is 10.1. The number of allylic oxidation sites excluding steroid dienone is 1. The molecule has 0 saturated heterocycles. The van der Waals surface area contributed by atoms with Crippen molar-refractivity contribution in [1.29, 1.82) is 0 Å². The molecule has 0 spiro atoms. The molecule has 1 rings (SSSR count). The molecule has 10 heavy (non-hydrogen) atoms. The Balaban J connectivity index is 2.62. The molecule has 0 aromatic rings. The van der Waals surface area contributed by atoms with Crippen LogP contribution in [-0.4, -0.2) is 19.2 Å². The minimum absolute atomic E-state index is 0.495. The van der Waals surface area contributed by atoms with Gasteiger partial charge in [-0.05, 0) is 19.4 Å². The number of carbonyl (C=O) groups is 1. The van der Waals surface area contributed by atoms with E-state index in [0.29, 0.717) is 12.9 Å². The summed E-state index contributed by atoms with van der Waals surface area (Å²) in [7, 11) is 0. The van der Waals surface area contributed by atoms with Crippen LogP contribution in [0.5, 0.6) is 0 Å². The van der Waals surface area contributed by atoms with Crippen molar-refractivity contribution in [3.8, 4) is 0 Å². The van der Waals surface area contributed by atoms with Gasteiger partial charge < -0.3 is 9.47 Å². The highest BCUT2D eigenvalue weighted by Crippen LogP contribution is 2.14. The maximum absolute atomic E-state index is 10.1. The summed E-state index contributed by atoms with van der Waals surface area (Å²) in [6.07, 6.45) is -0.0423. The average Bonchev–Trinajstić information content (AvgIpc) is 1.95. The maximum Gasteiger partial charge on any atom is 0.256 e. The molecule has 3 heteroatoms. The van der Waals surface area contributed by atoms with Gasteiger partial charge in [-0.15, -0.1) is 0 Å². The summed E-state index contributed by atoms with van der Waals surface area (Å²) in [6, 6.07) is 0.